The monoisotopic (exact) mass is 342 g/mol. The largest absolute Gasteiger partial charge is 0.496 e. The third-order valence-corrected chi connectivity index (χ3v) is 6.28. The van der Waals surface area contributed by atoms with E-state index in [1.165, 1.54) is 51.7 Å². The Kier molecular flexibility index (Phi) is 4.72. The van der Waals surface area contributed by atoms with Crippen LogP contribution in [0.15, 0.2) is 24.3 Å². The van der Waals surface area contributed by atoms with Crippen molar-refractivity contribution in [3.63, 3.8) is 0 Å². The van der Waals surface area contributed by atoms with Crippen LogP contribution in [0.2, 0.25) is 0 Å². The summed E-state index contributed by atoms with van der Waals surface area (Å²) >= 11 is 0. The fraction of sp³-hybridized carbons (Fsp3) is 0.667. The number of para-hydroxylation sites is 1. The number of piperidine rings is 1. The highest BCUT2D eigenvalue weighted by atomic mass is 16.5. The second kappa shape index (κ2) is 6.99. The SMILES string of the molecule is COc1ccccc1CC(=O)N1CC[C@@]2(CCCN(CC3CC3)C2)C1. The van der Waals surface area contributed by atoms with E-state index in [1.54, 1.807) is 7.11 Å². The zero-order valence-corrected chi connectivity index (χ0v) is 15.4. The van der Waals surface area contributed by atoms with Gasteiger partial charge in [-0.05, 0) is 50.6 Å². The normalized spacial score (nSPS) is 27.0. The molecular formula is C21H30N2O2. The molecule has 1 atom stereocenters. The molecule has 3 fully saturated rings. The van der Waals surface area contributed by atoms with Gasteiger partial charge in [0.05, 0.1) is 13.5 Å². The molecule has 1 amide bonds. The summed E-state index contributed by atoms with van der Waals surface area (Å²) in [4.78, 5) is 17.6. The van der Waals surface area contributed by atoms with Gasteiger partial charge in [-0.3, -0.25) is 4.79 Å². The Bertz CT molecular complexity index is 628. The first-order chi connectivity index (χ1) is 12.2. The van der Waals surface area contributed by atoms with Gasteiger partial charge >= 0.3 is 0 Å². The molecule has 2 heterocycles. The standard InChI is InChI=1S/C21H30N2O2/c1-25-19-6-3-2-5-18(19)13-20(24)23-12-10-21(16-23)9-4-11-22(15-21)14-17-7-8-17/h2-3,5-6,17H,4,7-16H2,1H3/t21-/m1/s1. The average Bonchev–Trinajstić information content (AvgIpc) is 3.34. The van der Waals surface area contributed by atoms with Crippen LogP contribution in [0.1, 0.15) is 37.7 Å². The van der Waals surface area contributed by atoms with Gasteiger partial charge in [-0.15, -0.1) is 0 Å². The Hall–Kier alpha value is -1.55. The van der Waals surface area contributed by atoms with E-state index in [9.17, 15) is 4.79 Å². The molecule has 1 aliphatic carbocycles. The molecule has 0 aromatic heterocycles. The molecule has 1 aromatic carbocycles. The molecule has 1 saturated carbocycles. The van der Waals surface area contributed by atoms with Gasteiger partial charge in [0.25, 0.3) is 0 Å². The third kappa shape index (κ3) is 3.84. The lowest BCUT2D eigenvalue weighted by molar-refractivity contribution is -0.130. The second-order valence-corrected chi connectivity index (χ2v) is 8.34. The van der Waals surface area contributed by atoms with Crippen LogP contribution in [0.5, 0.6) is 5.75 Å². The van der Waals surface area contributed by atoms with Crippen molar-refractivity contribution < 1.29 is 9.53 Å². The number of rotatable bonds is 5. The topological polar surface area (TPSA) is 32.8 Å². The Labute approximate surface area is 151 Å². The van der Waals surface area contributed by atoms with Crippen LogP contribution in [0.3, 0.4) is 0 Å². The van der Waals surface area contributed by atoms with Crippen LogP contribution in [-0.4, -0.2) is 55.5 Å². The Morgan fingerprint density at radius 1 is 1.20 bits per heavy atom. The first kappa shape index (κ1) is 16.9. The van der Waals surface area contributed by atoms with Gasteiger partial charge in [0.15, 0.2) is 0 Å². The van der Waals surface area contributed by atoms with Gasteiger partial charge in [-0.25, -0.2) is 0 Å². The van der Waals surface area contributed by atoms with Crippen molar-refractivity contribution in [2.24, 2.45) is 11.3 Å². The molecule has 2 saturated heterocycles. The summed E-state index contributed by atoms with van der Waals surface area (Å²) in [5.41, 5.74) is 1.35. The summed E-state index contributed by atoms with van der Waals surface area (Å²) in [5, 5.41) is 0. The number of hydrogen-bond acceptors (Lipinski definition) is 3. The molecular weight excluding hydrogens is 312 g/mol. The summed E-state index contributed by atoms with van der Waals surface area (Å²) in [6, 6.07) is 7.87. The minimum Gasteiger partial charge on any atom is -0.496 e. The van der Waals surface area contributed by atoms with Crippen molar-refractivity contribution in [1.82, 2.24) is 9.80 Å². The summed E-state index contributed by atoms with van der Waals surface area (Å²) < 4.78 is 5.40. The van der Waals surface area contributed by atoms with Crippen molar-refractivity contribution in [1.29, 1.82) is 0 Å². The number of carbonyl (C=O) groups is 1. The fourth-order valence-corrected chi connectivity index (χ4v) is 4.74. The van der Waals surface area contributed by atoms with E-state index in [1.807, 2.05) is 24.3 Å². The average molecular weight is 342 g/mol. The minimum atomic E-state index is 0.251. The number of carbonyl (C=O) groups excluding carboxylic acids is 1. The lowest BCUT2D eigenvalue weighted by atomic mass is 9.79. The minimum absolute atomic E-state index is 0.251. The van der Waals surface area contributed by atoms with Gasteiger partial charge in [0.2, 0.25) is 5.91 Å². The number of hydrogen-bond donors (Lipinski definition) is 0. The van der Waals surface area contributed by atoms with Gasteiger partial charge in [0, 0.05) is 37.2 Å². The van der Waals surface area contributed by atoms with Gasteiger partial charge in [-0.2, -0.15) is 0 Å². The van der Waals surface area contributed by atoms with Gasteiger partial charge in [-0.1, -0.05) is 18.2 Å². The van der Waals surface area contributed by atoms with Crippen LogP contribution in [0.4, 0.5) is 0 Å². The molecule has 0 radical (unpaired) electrons. The number of benzene rings is 1. The lowest BCUT2D eigenvalue weighted by Crippen LogP contribution is -2.46. The van der Waals surface area contributed by atoms with Crippen LogP contribution in [0.25, 0.3) is 0 Å². The van der Waals surface area contributed by atoms with Gasteiger partial charge < -0.3 is 14.5 Å². The van der Waals surface area contributed by atoms with Crippen LogP contribution in [-0.2, 0) is 11.2 Å². The number of ether oxygens (including phenoxy) is 1. The Balaban J connectivity index is 1.37. The summed E-state index contributed by atoms with van der Waals surface area (Å²) in [5.74, 6) is 2.03. The van der Waals surface area contributed by atoms with Gasteiger partial charge in [0.1, 0.15) is 5.75 Å². The highest BCUT2D eigenvalue weighted by Crippen LogP contribution is 2.40. The quantitative estimate of drug-likeness (QED) is 0.825. The third-order valence-electron chi connectivity index (χ3n) is 6.28. The predicted molar refractivity (Wildman–Crippen MR) is 98.7 cm³/mol. The molecule has 3 aliphatic rings. The number of amides is 1. The molecule has 136 valence electrons. The van der Waals surface area contributed by atoms with E-state index in [0.717, 1.165) is 30.3 Å². The molecule has 0 N–H and O–H groups in total. The maximum absolute atomic E-state index is 12.8. The zero-order chi connectivity index (χ0) is 17.3. The van der Waals surface area contributed by atoms with E-state index in [0.29, 0.717) is 11.8 Å². The maximum atomic E-state index is 12.8. The molecule has 25 heavy (non-hydrogen) atoms. The molecule has 0 bridgehead atoms. The molecule has 2 aliphatic heterocycles. The fourth-order valence-electron chi connectivity index (χ4n) is 4.74. The molecule has 4 rings (SSSR count). The molecule has 4 nitrogen and oxygen atoms in total. The molecule has 1 aromatic rings. The molecule has 4 heteroatoms. The van der Waals surface area contributed by atoms with E-state index >= 15 is 0 Å². The molecule has 1 spiro atoms. The Morgan fingerprint density at radius 2 is 2.04 bits per heavy atom. The maximum Gasteiger partial charge on any atom is 0.227 e. The summed E-state index contributed by atoms with van der Waals surface area (Å²) in [6.45, 7) is 5.61. The number of likely N-dealkylation sites (tertiary alicyclic amines) is 2. The van der Waals surface area contributed by atoms with Crippen LogP contribution < -0.4 is 4.74 Å². The van der Waals surface area contributed by atoms with Crippen molar-refractivity contribution in [2.75, 3.05) is 39.8 Å². The van der Waals surface area contributed by atoms with E-state index in [-0.39, 0.29) is 5.91 Å². The van der Waals surface area contributed by atoms with Crippen LogP contribution >= 0.6 is 0 Å². The predicted octanol–water partition coefficient (Wildman–Crippen LogP) is 2.96. The highest BCUT2D eigenvalue weighted by Gasteiger charge is 2.43. The first-order valence-corrected chi connectivity index (χ1v) is 9.79. The van der Waals surface area contributed by atoms with Crippen molar-refractivity contribution in [3.8, 4) is 5.75 Å². The summed E-state index contributed by atoms with van der Waals surface area (Å²) in [7, 11) is 1.67. The first-order valence-electron chi connectivity index (χ1n) is 9.79. The van der Waals surface area contributed by atoms with Crippen molar-refractivity contribution in [3.05, 3.63) is 29.8 Å². The van der Waals surface area contributed by atoms with Crippen molar-refractivity contribution >= 4 is 5.91 Å². The highest BCUT2D eigenvalue weighted by molar-refractivity contribution is 5.79. The smallest absolute Gasteiger partial charge is 0.227 e. The summed E-state index contributed by atoms with van der Waals surface area (Å²) in [6.07, 6.45) is 7.05. The number of nitrogens with zero attached hydrogens (tertiary/aromatic N) is 2. The number of methoxy groups -OCH3 is 1. The van der Waals surface area contributed by atoms with Crippen molar-refractivity contribution in [2.45, 2.75) is 38.5 Å². The van der Waals surface area contributed by atoms with Crippen LogP contribution in [0, 0.1) is 11.3 Å². The van der Waals surface area contributed by atoms with E-state index in [4.69, 9.17) is 4.74 Å². The van der Waals surface area contributed by atoms with E-state index < -0.39 is 0 Å². The molecule has 0 unspecified atom stereocenters. The lowest BCUT2D eigenvalue weighted by Gasteiger charge is -2.40. The van der Waals surface area contributed by atoms with E-state index in [2.05, 4.69) is 9.80 Å². The second-order valence-electron chi connectivity index (χ2n) is 8.34. The zero-order valence-electron chi connectivity index (χ0n) is 15.4. The Morgan fingerprint density at radius 3 is 2.84 bits per heavy atom.